The van der Waals surface area contributed by atoms with Crippen molar-refractivity contribution in [2.24, 2.45) is 5.92 Å². The molecule has 0 saturated carbocycles. The van der Waals surface area contributed by atoms with Crippen LogP contribution in [0.2, 0.25) is 0 Å². The Morgan fingerprint density at radius 2 is 1.59 bits per heavy atom. The summed E-state index contributed by atoms with van der Waals surface area (Å²) in [5.41, 5.74) is 0.551. The zero-order valence-corrected chi connectivity index (χ0v) is 12.4. The maximum atomic E-state index is 13.3. The molecule has 0 spiro atoms. The topological polar surface area (TPSA) is 32.8 Å². The second-order valence-electron chi connectivity index (χ2n) is 5.83. The fraction of sp³-hybridized carbons (Fsp3) is 0.562. The molecule has 2 heterocycles. The first-order valence-electron chi connectivity index (χ1n) is 7.71. The van der Waals surface area contributed by atoms with Crippen LogP contribution < -0.4 is 4.90 Å². The highest BCUT2D eigenvalue weighted by Gasteiger charge is 2.29. The molecule has 0 aromatic heterocycles. The van der Waals surface area contributed by atoms with Gasteiger partial charge in [-0.05, 0) is 25.0 Å². The van der Waals surface area contributed by atoms with Crippen LogP contribution in [-0.4, -0.2) is 50.2 Å². The van der Waals surface area contributed by atoms with Crippen molar-refractivity contribution in [1.29, 1.82) is 0 Å². The summed E-state index contributed by atoms with van der Waals surface area (Å²) in [6.45, 7) is 3.82. The molecule has 1 aromatic carbocycles. The van der Waals surface area contributed by atoms with Crippen molar-refractivity contribution in [3.8, 4) is 0 Å². The van der Waals surface area contributed by atoms with Gasteiger partial charge in [0.15, 0.2) is 0 Å². The Bertz CT molecular complexity index is 519. The minimum absolute atomic E-state index is 0.00718. The molecule has 0 N–H and O–H groups in total. The van der Waals surface area contributed by atoms with Crippen LogP contribution >= 0.6 is 0 Å². The standard InChI is InChI=1S/C16H20F2N2O2/c17-13-9-14(18)11-15(10-13)19-3-1-12(2-4-19)16(21)20-5-7-22-8-6-20/h9-12H,1-8H2. The SMILES string of the molecule is O=C(C1CCN(c2cc(F)cc(F)c2)CC1)N1CCOCC1. The number of benzene rings is 1. The van der Waals surface area contributed by atoms with E-state index >= 15 is 0 Å². The van der Waals surface area contributed by atoms with Gasteiger partial charge < -0.3 is 14.5 Å². The summed E-state index contributed by atoms with van der Waals surface area (Å²) < 4.78 is 31.8. The van der Waals surface area contributed by atoms with Crippen LogP contribution in [-0.2, 0) is 9.53 Å². The number of morpholine rings is 1. The summed E-state index contributed by atoms with van der Waals surface area (Å²) in [5.74, 6) is -0.941. The minimum Gasteiger partial charge on any atom is -0.378 e. The van der Waals surface area contributed by atoms with Crippen molar-refractivity contribution in [1.82, 2.24) is 4.90 Å². The summed E-state index contributed by atoms with van der Waals surface area (Å²) in [4.78, 5) is 16.2. The van der Waals surface area contributed by atoms with Crippen molar-refractivity contribution in [3.05, 3.63) is 29.8 Å². The lowest BCUT2D eigenvalue weighted by molar-refractivity contribution is -0.140. The van der Waals surface area contributed by atoms with Crippen molar-refractivity contribution in [2.75, 3.05) is 44.3 Å². The molecule has 0 radical (unpaired) electrons. The van der Waals surface area contributed by atoms with Crippen LogP contribution in [0.25, 0.3) is 0 Å². The second kappa shape index (κ2) is 6.60. The molecule has 120 valence electrons. The van der Waals surface area contributed by atoms with Gasteiger partial charge in [-0.3, -0.25) is 4.79 Å². The van der Waals surface area contributed by atoms with Gasteiger partial charge >= 0.3 is 0 Å². The van der Waals surface area contributed by atoms with E-state index in [9.17, 15) is 13.6 Å². The van der Waals surface area contributed by atoms with Crippen molar-refractivity contribution in [2.45, 2.75) is 12.8 Å². The van der Waals surface area contributed by atoms with E-state index in [2.05, 4.69) is 0 Å². The summed E-state index contributed by atoms with van der Waals surface area (Å²) in [7, 11) is 0. The van der Waals surface area contributed by atoms with Crippen LogP contribution in [0.5, 0.6) is 0 Å². The molecule has 2 saturated heterocycles. The van der Waals surface area contributed by atoms with Gasteiger partial charge in [-0.25, -0.2) is 8.78 Å². The first kappa shape index (κ1) is 15.2. The van der Waals surface area contributed by atoms with E-state index < -0.39 is 11.6 Å². The van der Waals surface area contributed by atoms with Crippen molar-refractivity contribution >= 4 is 11.6 Å². The molecule has 0 bridgehead atoms. The molecule has 1 amide bonds. The number of carbonyl (C=O) groups excluding carboxylic acids is 1. The quantitative estimate of drug-likeness (QED) is 0.838. The van der Waals surface area contributed by atoms with Gasteiger partial charge in [0, 0.05) is 43.9 Å². The average Bonchev–Trinajstić information content (AvgIpc) is 2.54. The number of amides is 1. The molecule has 2 aliphatic heterocycles. The zero-order chi connectivity index (χ0) is 15.5. The molecule has 3 rings (SSSR count). The van der Waals surface area contributed by atoms with Gasteiger partial charge in [0.25, 0.3) is 0 Å². The van der Waals surface area contributed by atoms with Gasteiger partial charge in [0.05, 0.1) is 13.2 Å². The molecule has 22 heavy (non-hydrogen) atoms. The van der Waals surface area contributed by atoms with Crippen LogP contribution in [0.4, 0.5) is 14.5 Å². The third kappa shape index (κ3) is 3.38. The predicted molar refractivity (Wildman–Crippen MR) is 78.7 cm³/mol. The first-order valence-corrected chi connectivity index (χ1v) is 7.71. The normalized spacial score (nSPS) is 20.3. The molecule has 4 nitrogen and oxygen atoms in total. The molecule has 0 atom stereocenters. The van der Waals surface area contributed by atoms with Crippen LogP contribution in [0.1, 0.15) is 12.8 Å². The number of halogens is 2. The van der Waals surface area contributed by atoms with E-state index in [4.69, 9.17) is 4.74 Å². The zero-order valence-electron chi connectivity index (χ0n) is 12.4. The molecule has 0 unspecified atom stereocenters. The maximum absolute atomic E-state index is 13.3. The minimum atomic E-state index is -0.568. The van der Waals surface area contributed by atoms with E-state index in [0.29, 0.717) is 57.9 Å². The molecule has 0 aliphatic carbocycles. The number of hydrogen-bond donors (Lipinski definition) is 0. The third-order valence-electron chi connectivity index (χ3n) is 4.38. The van der Waals surface area contributed by atoms with Gasteiger partial charge in [-0.15, -0.1) is 0 Å². The van der Waals surface area contributed by atoms with E-state index in [1.165, 1.54) is 12.1 Å². The molecule has 2 fully saturated rings. The maximum Gasteiger partial charge on any atom is 0.225 e. The Kier molecular flexibility index (Phi) is 4.57. The second-order valence-corrected chi connectivity index (χ2v) is 5.83. The van der Waals surface area contributed by atoms with Crippen LogP contribution in [0, 0.1) is 17.6 Å². The lowest BCUT2D eigenvalue weighted by atomic mass is 9.94. The molecular weight excluding hydrogens is 290 g/mol. The fourth-order valence-corrected chi connectivity index (χ4v) is 3.15. The number of ether oxygens (including phenoxy) is 1. The monoisotopic (exact) mass is 310 g/mol. The number of nitrogens with zero attached hydrogens (tertiary/aromatic N) is 2. The Morgan fingerprint density at radius 3 is 2.18 bits per heavy atom. The van der Waals surface area contributed by atoms with Gasteiger partial charge in [-0.2, -0.15) is 0 Å². The molecule has 6 heteroatoms. The number of piperidine rings is 1. The number of anilines is 1. The first-order chi connectivity index (χ1) is 10.6. The van der Waals surface area contributed by atoms with Gasteiger partial charge in [-0.1, -0.05) is 0 Å². The smallest absolute Gasteiger partial charge is 0.225 e. The molecule has 2 aliphatic rings. The highest BCUT2D eigenvalue weighted by Crippen LogP contribution is 2.26. The third-order valence-corrected chi connectivity index (χ3v) is 4.38. The van der Waals surface area contributed by atoms with Crippen LogP contribution in [0.3, 0.4) is 0 Å². The van der Waals surface area contributed by atoms with E-state index in [1.54, 1.807) is 0 Å². The molecule has 1 aromatic rings. The summed E-state index contributed by atoms with van der Waals surface area (Å²) >= 11 is 0. The fourth-order valence-electron chi connectivity index (χ4n) is 3.15. The lowest BCUT2D eigenvalue weighted by Gasteiger charge is -2.36. The number of rotatable bonds is 2. The summed E-state index contributed by atoms with van der Waals surface area (Å²) in [5, 5.41) is 0. The number of hydrogen-bond acceptors (Lipinski definition) is 3. The van der Waals surface area contributed by atoms with Gasteiger partial charge in [0.1, 0.15) is 11.6 Å². The summed E-state index contributed by atoms with van der Waals surface area (Å²) in [6, 6.07) is 3.55. The highest BCUT2D eigenvalue weighted by atomic mass is 19.1. The predicted octanol–water partition coefficient (Wildman–Crippen LogP) is 2.04. The van der Waals surface area contributed by atoms with Gasteiger partial charge in [0.2, 0.25) is 5.91 Å². The van der Waals surface area contributed by atoms with E-state index in [-0.39, 0.29) is 11.8 Å². The molecular formula is C16H20F2N2O2. The number of carbonyl (C=O) groups is 1. The Morgan fingerprint density at radius 1 is 1.00 bits per heavy atom. The van der Waals surface area contributed by atoms with E-state index in [0.717, 1.165) is 6.07 Å². The Hall–Kier alpha value is -1.69. The van der Waals surface area contributed by atoms with Crippen molar-refractivity contribution in [3.63, 3.8) is 0 Å². The highest BCUT2D eigenvalue weighted by molar-refractivity contribution is 5.79. The Balaban J connectivity index is 1.58. The largest absolute Gasteiger partial charge is 0.378 e. The Labute approximate surface area is 128 Å². The lowest BCUT2D eigenvalue weighted by Crippen LogP contribution is -2.46. The van der Waals surface area contributed by atoms with Crippen molar-refractivity contribution < 1.29 is 18.3 Å². The summed E-state index contributed by atoms with van der Waals surface area (Å²) in [6.07, 6.45) is 1.43. The van der Waals surface area contributed by atoms with E-state index in [1.807, 2.05) is 9.80 Å². The van der Waals surface area contributed by atoms with Crippen LogP contribution in [0.15, 0.2) is 18.2 Å². The average molecular weight is 310 g/mol.